The van der Waals surface area contributed by atoms with Crippen LogP contribution in [0.2, 0.25) is 0 Å². The highest BCUT2D eigenvalue weighted by molar-refractivity contribution is 5.84. The molecule has 0 bridgehead atoms. The lowest BCUT2D eigenvalue weighted by Crippen LogP contribution is -2.19. The summed E-state index contributed by atoms with van der Waals surface area (Å²) < 4.78 is 10.6. The van der Waals surface area contributed by atoms with Gasteiger partial charge in [-0.25, -0.2) is 4.39 Å². The molecule has 0 aliphatic heterocycles. The monoisotopic (exact) mass is 469 g/mol. The SMILES string of the molecule is C=CCF.C=CN.CC.CN=CNc1cc(C)c(C)cc1N=CCCN(C)Cc1ccccc1. The van der Waals surface area contributed by atoms with Crippen LogP contribution in [0, 0.1) is 13.8 Å². The summed E-state index contributed by atoms with van der Waals surface area (Å²) in [5.41, 5.74) is 10.4. The zero-order valence-corrected chi connectivity index (χ0v) is 21.9. The highest BCUT2D eigenvalue weighted by Crippen LogP contribution is 2.28. The van der Waals surface area contributed by atoms with Crippen LogP contribution in [0.15, 0.2) is 77.9 Å². The van der Waals surface area contributed by atoms with Crippen molar-refractivity contribution in [2.24, 2.45) is 15.7 Å². The van der Waals surface area contributed by atoms with E-state index in [-0.39, 0.29) is 0 Å². The Labute approximate surface area is 207 Å². The first-order valence-electron chi connectivity index (χ1n) is 11.5. The van der Waals surface area contributed by atoms with E-state index in [0.29, 0.717) is 0 Å². The Morgan fingerprint density at radius 1 is 1.09 bits per heavy atom. The van der Waals surface area contributed by atoms with Gasteiger partial charge in [0.15, 0.2) is 0 Å². The second-order valence-corrected chi connectivity index (χ2v) is 6.99. The van der Waals surface area contributed by atoms with Crippen LogP contribution in [0.1, 0.15) is 37.0 Å². The molecule has 0 unspecified atom stereocenters. The van der Waals surface area contributed by atoms with Gasteiger partial charge in [0, 0.05) is 26.4 Å². The average Bonchev–Trinajstić information content (AvgIpc) is 2.85. The zero-order chi connectivity index (χ0) is 26.2. The van der Waals surface area contributed by atoms with Gasteiger partial charge in [0.1, 0.15) is 6.67 Å². The van der Waals surface area contributed by atoms with Gasteiger partial charge in [0.2, 0.25) is 0 Å². The Morgan fingerprint density at radius 3 is 2.18 bits per heavy atom. The Morgan fingerprint density at radius 2 is 1.65 bits per heavy atom. The summed E-state index contributed by atoms with van der Waals surface area (Å²) in [6, 6.07) is 14.8. The fourth-order valence-electron chi connectivity index (χ4n) is 2.57. The summed E-state index contributed by atoms with van der Waals surface area (Å²) >= 11 is 0. The quantitative estimate of drug-likeness (QED) is 0.240. The van der Waals surface area contributed by atoms with Crippen molar-refractivity contribution in [3.05, 3.63) is 84.6 Å². The van der Waals surface area contributed by atoms with Gasteiger partial charge in [0.05, 0.1) is 17.7 Å². The van der Waals surface area contributed by atoms with E-state index in [1.165, 1.54) is 29.0 Å². The van der Waals surface area contributed by atoms with Gasteiger partial charge in [-0.15, -0.1) is 6.58 Å². The van der Waals surface area contributed by atoms with Crippen LogP contribution in [0.5, 0.6) is 0 Å². The number of aryl methyl sites for hydroxylation is 2. The van der Waals surface area contributed by atoms with Crippen molar-refractivity contribution in [1.29, 1.82) is 0 Å². The first-order valence-corrected chi connectivity index (χ1v) is 11.5. The van der Waals surface area contributed by atoms with E-state index in [2.05, 4.69) is 102 Å². The molecule has 5 nitrogen and oxygen atoms in total. The number of nitrogens with one attached hydrogen (secondary N) is 1. The maximum atomic E-state index is 10.6. The number of aliphatic imine (C=N–C) groups is 2. The molecule has 6 heteroatoms. The molecule has 2 aromatic rings. The van der Waals surface area contributed by atoms with Gasteiger partial charge in [-0.3, -0.25) is 9.98 Å². The van der Waals surface area contributed by atoms with E-state index >= 15 is 0 Å². The Bertz CT molecular complexity index is 832. The summed E-state index contributed by atoms with van der Waals surface area (Å²) in [6.45, 7) is 16.0. The molecule has 0 saturated heterocycles. The zero-order valence-electron chi connectivity index (χ0n) is 21.9. The van der Waals surface area contributed by atoms with Crippen molar-refractivity contribution in [2.45, 2.75) is 40.7 Å². The Kier molecular flexibility index (Phi) is 22.2. The summed E-state index contributed by atoms with van der Waals surface area (Å²) in [5, 5.41) is 3.20. The van der Waals surface area contributed by atoms with Crippen molar-refractivity contribution in [3.63, 3.8) is 0 Å². The summed E-state index contributed by atoms with van der Waals surface area (Å²) in [5.74, 6) is 0. The third-order valence-corrected chi connectivity index (χ3v) is 4.24. The normalized spacial score (nSPS) is 9.88. The second-order valence-electron chi connectivity index (χ2n) is 6.99. The fourth-order valence-corrected chi connectivity index (χ4v) is 2.57. The first-order chi connectivity index (χ1) is 16.4. The second kappa shape index (κ2) is 22.9. The lowest BCUT2D eigenvalue weighted by Gasteiger charge is -2.15. The first kappa shape index (κ1) is 32.9. The molecule has 0 saturated carbocycles. The molecule has 0 aliphatic rings. The van der Waals surface area contributed by atoms with Gasteiger partial charge < -0.3 is 16.0 Å². The standard InChI is InChI=1S/C21H28N4.C3H5F.C2H5N.C2H6/c1-17-13-20(21(14-18(17)2)24-16-22-3)23-11-8-12-25(4)15-19-9-6-5-7-10-19;1-2-3-4;1-2-3;1-2/h5-7,9-11,13-14,16H,8,12,15H2,1-4H3,(H,22,24);2H,1,3H2;2H,1,3H2;1-2H3. The molecular weight excluding hydrogens is 425 g/mol. The van der Waals surface area contributed by atoms with Crippen LogP contribution in [0.4, 0.5) is 15.8 Å². The number of hydrogen-bond acceptors (Lipinski definition) is 4. The van der Waals surface area contributed by atoms with Gasteiger partial charge in [0.25, 0.3) is 0 Å². The molecule has 34 heavy (non-hydrogen) atoms. The number of halogens is 1. The molecular formula is C28H44FN5. The van der Waals surface area contributed by atoms with Crippen LogP contribution >= 0.6 is 0 Å². The molecule has 188 valence electrons. The number of nitrogens with two attached hydrogens (primary N) is 1. The number of alkyl halides is 1. The molecule has 0 heterocycles. The number of hydrogen-bond donors (Lipinski definition) is 2. The van der Waals surface area contributed by atoms with Crippen LogP contribution in [-0.2, 0) is 6.54 Å². The molecule has 0 radical (unpaired) electrons. The van der Waals surface area contributed by atoms with Crippen LogP contribution in [0.25, 0.3) is 0 Å². The van der Waals surface area contributed by atoms with E-state index in [0.717, 1.165) is 30.9 Å². The van der Waals surface area contributed by atoms with E-state index in [1.54, 1.807) is 13.4 Å². The predicted molar refractivity (Wildman–Crippen MR) is 151 cm³/mol. The van der Waals surface area contributed by atoms with Gasteiger partial charge in [-0.2, -0.15) is 0 Å². The third-order valence-electron chi connectivity index (χ3n) is 4.24. The maximum Gasteiger partial charge on any atom is 0.107 e. The van der Waals surface area contributed by atoms with Crippen LogP contribution in [0.3, 0.4) is 0 Å². The fraction of sp³-hybridized carbons (Fsp3) is 0.357. The minimum Gasteiger partial charge on any atom is -0.405 e. The lowest BCUT2D eigenvalue weighted by atomic mass is 10.1. The van der Waals surface area contributed by atoms with E-state index < -0.39 is 6.67 Å². The summed E-state index contributed by atoms with van der Waals surface area (Å²) in [4.78, 5) is 11.0. The van der Waals surface area contributed by atoms with Gasteiger partial charge in [-0.05, 0) is 62.3 Å². The number of anilines is 1. The molecule has 0 atom stereocenters. The molecule has 0 amide bonds. The molecule has 0 spiro atoms. The largest absolute Gasteiger partial charge is 0.405 e. The molecule has 0 fully saturated rings. The van der Waals surface area contributed by atoms with E-state index in [4.69, 9.17) is 0 Å². The third kappa shape index (κ3) is 16.4. The van der Waals surface area contributed by atoms with E-state index in [1.807, 2.05) is 20.1 Å². The van der Waals surface area contributed by atoms with Gasteiger partial charge >= 0.3 is 0 Å². The molecule has 0 aromatic heterocycles. The van der Waals surface area contributed by atoms with Crippen molar-refractivity contribution < 1.29 is 4.39 Å². The van der Waals surface area contributed by atoms with Crippen molar-refractivity contribution in [3.8, 4) is 0 Å². The molecule has 2 aromatic carbocycles. The van der Waals surface area contributed by atoms with Crippen molar-refractivity contribution in [1.82, 2.24) is 4.90 Å². The maximum absolute atomic E-state index is 10.6. The minimum atomic E-state index is -0.417. The topological polar surface area (TPSA) is 66.0 Å². The lowest BCUT2D eigenvalue weighted by molar-refractivity contribution is 0.338. The summed E-state index contributed by atoms with van der Waals surface area (Å²) in [7, 11) is 3.89. The Balaban J connectivity index is 0. The number of nitrogens with zero attached hydrogens (tertiary/aromatic N) is 3. The van der Waals surface area contributed by atoms with E-state index in [9.17, 15) is 4.39 Å². The van der Waals surface area contributed by atoms with Crippen LogP contribution in [-0.4, -0.2) is 44.8 Å². The molecule has 2 rings (SSSR count). The minimum absolute atomic E-state index is 0.417. The van der Waals surface area contributed by atoms with Crippen LogP contribution < -0.4 is 11.1 Å². The van der Waals surface area contributed by atoms with Gasteiger partial charge in [-0.1, -0.05) is 56.8 Å². The highest BCUT2D eigenvalue weighted by atomic mass is 19.1. The molecule has 3 N–H and O–H groups in total. The number of benzene rings is 2. The Hall–Kier alpha value is -3.25. The predicted octanol–water partition coefficient (Wildman–Crippen LogP) is 6.85. The number of rotatable bonds is 9. The average molecular weight is 470 g/mol. The van der Waals surface area contributed by atoms with Crippen molar-refractivity contribution in [2.75, 3.05) is 32.6 Å². The number of allylic oxidation sites excluding steroid dienone is 1. The summed E-state index contributed by atoms with van der Waals surface area (Å²) in [6.07, 6.45) is 7.06. The molecule has 0 aliphatic carbocycles. The smallest absolute Gasteiger partial charge is 0.107 e. The highest BCUT2D eigenvalue weighted by Gasteiger charge is 2.03. The van der Waals surface area contributed by atoms with Crippen molar-refractivity contribution >= 4 is 23.9 Å².